The van der Waals surface area contributed by atoms with E-state index in [4.69, 9.17) is 0 Å². The SMILES string of the molecule is [CH2-]CCCCCCCCCCCCCCCCC. The van der Waals surface area contributed by atoms with Gasteiger partial charge in [0.1, 0.15) is 0 Å². The van der Waals surface area contributed by atoms with Gasteiger partial charge in [-0.1, -0.05) is 103 Å². The lowest BCUT2D eigenvalue weighted by atomic mass is 10.0. The van der Waals surface area contributed by atoms with E-state index >= 15 is 0 Å². The van der Waals surface area contributed by atoms with Crippen molar-refractivity contribution in [1.82, 2.24) is 0 Å². The topological polar surface area (TPSA) is 0 Å². The summed E-state index contributed by atoms with van der Waals surface area (Å²) in [6.45, 7) is 6.18. The first kappa shape index (κ1) is 18.0. The lowest BCUT2D eigenvalue weighted by Gasteiger charge is -2.03. The summed E-state index contributed by atoms with van der Waals surface area (Å²) in [5.41, 5.74) is 0. The molecule has 0 rings (SSSR count). The van der Waals surface area contributed by atoms with Crippen molar-refractivity contribution in [2.75, 3.05) is 0 Å². The number of unbranched alkanes of at least 4 members (excludes halogenated alkanes) is 15. The molecule has 0 aromatic heterocycles. The molecule has 18 heavy (non-hydrogen) atoms. The molecular weight excluding hydrogens is 216 g/mol. The summed E-state index contributed by atoms with van der Waals surface area (Å²) in [5, 5.41) is 0. The van der Waals surface area contributed by atoms with Crippen LogP contribution in [0.3, 0.4) is 0 Å². The second-order valence-corrected chi connectivity index (χ2v) is 5.80. The van der Waals surface area contributed by atoms with E-state index < -0.39 is 0 Å². The van der Waals surface area contributed by atoms with E-state index in [2.05, 4.69) is 13.8 Å². The van der Waals surface area contributed by atoms with Crippen molar-refractivity contribution in [3.8, 4) is 0 Å². The lowest BCUT2D eigenvalue weighted by Crippen LogP contribution is -1.83. The van der Waals surface area contributed by atoms with E-state index in [1.54, 1.807) is 0 Å². The minimum atomic E-state index is 1.12. The zero-order valence-corrected chi connectivity index (χ0v) is 13.0. The van der Waals surface area contributed by atoms with E-state index in [9.17, 15) is 0 Å². The summed E-state index contributed by atoms with van der Waals surface area (Å²) >= 11 is 0. The van der Waals surface area contributed by atoms with Crippen molar-refractivity contribution in [3.05, 3.63) is 6.92 Å². The van der Waals surface area contributed by atoms with Crippen molar-refractivity contribution in [2.24, 2.45) is 0 Å². The zero-order valence-electron chi connectivity index (χ0n) is 13.0. The minimum absolute atomic E-state index is 1.12. The summed E-state index contributed by atoms with van der Waals surface area (Å²) in [6, 6.07) is 0. The second-order valence-electron chi connectivity index (χ2n) is 5.80. The molecule has 0 fully saturated rings. The number of rotatable bonds is 15. The maximum absolute atomic E-state index is 3.88. The molecule has 0 bridgehead atoms. The van der Waals surface area contributed by atoms with Crippen molar-refractivity contribution in [2.45, 2.75) is 110 Å². The molecule has 0 amide bonds. The average Bonchev–Trinajstić information content (AvgIpc) is 2.39. The zero-order chi connectivity index (χ0) is 13.3. The minimum Gasteiger partial charge on any atom is -0.343 e. The van der Waals surface area contributed by atoms with Crippen molar-refractivity contribution < 1.29 is 0 Å². The summed E-state index contributed by atoms with van der Waals surface area (Å²) in [5.74, 6) is 0. The highest BCUT2D eigenvalue weighted by atomic mass is 14.0. The third-order valence-electron chi connectivity index (χ3n) is 3.85. The van der Waals surface area contributed by atoms with Crippen LogP contribution in [0.4, 0.5) is 0 Å². The molecule has 0 saturated heterocycles. The van der Waals surface area contributed by atoms with Crippen molar-refractivity contribution in [1.29, 1.82) is 0 Å². The van der Waals surface area contributed by atoms with Crippen LogP contribution in [0.2, 0.25) is 0 Å². The molecule has 0 heterocycles. The highest BCUT2D eigenvalue weighted by Gasteiger charge is 1.93. The van der Waals surface area contributed by atoms with Gasteiger partial charge in [-0.3, -0.25) is 0 Å². The van der Waals surface area contributed by atoms with E-state index in [-0.39, 0.29) is 0 Å². The van der Waals surface area contributed by atoms with Gasteiger partial charge in [-0.25, -0.2) is 0 Å². The van der Waals surface area contributed by atoms with Gasteiger partial charge in [0.05, 0.1) is 0 Å². The fourth-order valence-electron chi connectivity index (χ4n) is 2.55. The predicted molar refractivity (Wildman–Crippen MR) is 84.9 cm³/mol. The maximum Gasteiger partial charge on any atom is -0.0533 e. The van der Waals surface area contributed by atoms with Crippen LogP contribution < -0.4 is 0 Å². The van der Waals surface area contributed by atoms with Crippen LogP contribution in [0.15, 0.2) is 0 Å². The molecule has 110 valence electrons. The predicted octanol–water partition coefficient (Wildman–Crippen LogP) is 7.08. The van der Waals surface area contributed by atoms with Crippen LogP contribution in [0.1, 0.15) is 110 Å². The largest absolute Gasteiger partial charge is 0.343 e. The molecular formula is C18H37-. The van der Waals surface area contributed by atoms with Crippen molar-refractivity contribution >= 4 is 0 Å². The Morgan fingerprint density at radius 2 is 0.722 bits per heavy atom. The van der Waals surface area contributed by atoms with Gasteiger partial charge in [0, 0.05) is 0 Å². The summed E-state index contributed by atoms with van der Waals surface area (Å²) in [6.07, 6.45) is 22.8. The van der Waals surface area contributed by atoms with E-state index in [0.29, 0.717) is 0 Å². The molecule has 0 aliphatic carbocycles. The van der Waals surface area contributed by atoms with Crippen molar-refractivity contribution in [3.63, 3.8) is 0 Å². The third kappa shape index (κ3) is 16.0. The molecule has 0 unspecified atom stereocenters. The normalized spacial score (nSPS) is 11.0. The molecule has 0 saturated carbocycles. The van der Waals surface area contributed by atoms with Crippen LogP contribution in [-0.2, 0) is 0 Å². The fraction of sp³-hybridized carbons (Fsp3) is 0.944. The second kappa shape index (κ2) is 17.0. The Labute approximate surface area is 117 Å². The molecule has 0 aliphatic heterocycles. The Morgan fingerprint density at radius 3 is 1.00 bits per heavy atom. The van der Waals surface area contributed by atoms with E-state index in [1.165, 1.54) is 96.3 Å². The van der Waals surface area contributed by atoms with Crippen LogP contribution in [-0.4, -0.2) is 0 Å². The molecule has 0 aliphatic rings. The molecule has 0 heteroatoms. The molecule has 0 aromatic carbocycles. The van der Waals surface area contributed by atoms with Crippen LogP contribution in [0, 0.1) is 6.92 Å². The Bertz CT molecular complexity index is 112. The number of hydrogen-bond donors (Lipinski definition) is 0. The third-order valence-corrected chi connectivity index (χ3v) is 3.85. The monoisotopic (exact) mass is 253 g/mol. The first-order valence-corrected chi connectivity index (χ1v) is 8.71. The smallest absolute Gasteiger partial charge is 0.0533 e. The molecule has 0 spiro atoms. The Balaban J connectivity index is 2.86. The molecule has 0 atom stereocenters. The first-order valence-electron chi connectivity index (χ1n) is 8.71. The maximum atomic E-state index is 3.88. The highest BCUT2D eigenvalue weighted by molar-refractivity contribution is 4.50. The van der Waals surface area contributed by atoms with Gasteiger partial charge >= 0.3 is 0 Å². The van der Waals surface area contributed by atoms with Gasteiger partial charge in [0.15, 0.2) is 0 Å². The van der Waals surface area contributed by atoms with Gasteiger partial charge in [-0.15, -0.1) is 0 Å². The lowest BCUT2D eigenvalue weighted by molar-refractivity contribution is 0.533. The van der Waals surface area contributed by atoms with Crippen LogP contribution in [0.5, 0.6) is 0 Å². The molecule has 0 aromatic rings. The Morgan fingerprint density at radius 1 is 0.444 bits per heavy atom. The van der Waals surface area contributed by atoms with Crippen LogP contribution >= 0.6 is 0 Å². The highest BCUT2D eigenvalue weighted by Crippen LogP contribution is 2.13. The Hall–Kier alpha value is 0. The Kier molecular flexibility index (Phi) is 17.0. The summed E-state index contributed by atoms with van der Waals surface area (Å²) in [7, 11) is 0. The average molecular weight is 253 g/mol. The van der Waals surface area contributed by atoms with Gasteiger partial charge < -0.3 is 6.92 Å². The van der Waals surface area contributed by atoms with Crippen LogP contribution in [0.25, 0.3) is 0 Å². The summed E-state index contributed by atoms with van der Waals surface area (Å²) < 4.78 is 0. The first-order chi connectivity index (χ1) is 8.91. The number of hydrogen-bond acceptors (Lipinski definition) is 0. The van der Waals surface area contributed by atoms with Gasteiger partial charge in [0.25, 0.3) is 0 Å². The van der Waals surface area contributed by atoms with E-state index in [1.807, 2.05) is 0 Å². The van der Waals surface area contributed by atoms with E-state index in [0.717, 1.165) is 6.42 Å². The molecule has 0 N–H and O–H groups in total. The summed E-state index contributed by atoms with van der Waals surface area (Å²) in [4.78, 5) is 0. The van der Waals surface area contributed by atoms with Gasteiger partial charge in [-0.05, 0) is 0 Å². The van der Waals surface area contributed by atoms with Gasteiger partial charge in [-0.2, -0.15) is 6.42 Å². The molecule has 0 nitrogen and oxygen atoms in total. The quantitative estimate of drug-likeness (QED) is 0.216. The standard InChI is InChI=1S/C18H37/c1-3-5-7-9-11-13-15-17-18-16-14-12-10-8-6-4-2/h1,3-18H2,2H3/q-1. The molecule has 0 radical (unpaired) electrons. The van der Waals surface area contributed by atoms with Gasteiger partial charge in [0.2, 0.25) is 0 Å². The fourth-order valence-corrected chi connectivity index (χ4v) is 2.55.